The molecule has 1 aliphatic heterocycles. The van der Waals surface area contributed by atoms with Gasteiger partial charge in [-0.2, -0.15) is 0 Å². The SMILES string of the molecule is COc1ccc(C=CCNC(=O)C2=C(C)NC(C)=C(C(=O)O)C2c2cccc(Cl)c2)cc1. The molecule has 0 aromatic heterocycles. The monoisotopic (exact) mass is 452 g/mol. The Hall–Kier alpha value is -3.51. The molecule has 1 atom stereocenters. The van der Waals surface area contributed by atoms with Gasteiger partial charge in [0.25, 0.3) is 0 Å². The maximum atomic E-state index is 13.1. The Balaban J connectivity index is 1.82. The first-order valence-electron chi connectivity index (χ1n) is 10.1. The number of carbonyl (C=O) groups excluding carboxylic acids is 1. The van der Waals surface area contributed by atoms with Crippen LogP contribution in [-0.2, 0) is 9.59 Å². The number of carboxylic acids is 1. The van der Waals surface area contributed by atoms with Gasteiger partial charge in [0, 0.05) is 28.5 Å². The molecule has 0 saturated heterocycles. The lowest BCUT2D eigenvalue weighted by Crippen LogP contribution is -2.36. The number of hydrogen-bond donors (Lipinski definition) is 3. The minimum absolute atomic E-state index is 0.122. The Labute approximate surface area is 192 Å². The average molecular weight is 453 g/mol. The molecule has 1 aliphatic rings. The van der Waals surface area contributed by atoms with E-state index in [2.05, 4.69) is 10.6 Å². The van der Waals surface area contributed by atoms with E-state index in [0.29, 0.717) is 27.6 Å². The summed E-state index contributed by atoms with van der Waals surface area (Å²) in [5.41, 5.74) is 3.20. The Morgan fingerprint density at radius 2 is 1.81 bits per heavy atom. The van der Waals surface area contributed by atoms with Crippen molar-refractivity contribution < 1.29 is 19.4 Å². The molecule has 6 nitrogen and oxygen atoms in total. The molecule has 0 radical (unpaired) electrons. The lowest BCUT2D eigenvalue weighted by Gasteiger charge is -2.30. The molecule has 32 heavy (non-hydrogen) atoms. The van der Waals surface area contributed by atoms with Crippen LogP contribution in [0.2, 0.25) is 5.02 Å². The number of carboxylic acid groups (broad SMARTS) is 1. The van der Waals surface area contributed by atoms with Gasteiger partial charge in [0.15, 0.2) is 0 Å². The number of carbonyl (C=O) groups is 2. The highest BCUT2D eigenvalue weighted by Gasteiger charge is 2.36. The van der Waals surface area contributed by atoms with E-state index in [1.165, 1.54) is 0 Å². The minimum Gasteiger partial charge on any atom is -0.497 e. The zero-order valence-electron chi connectivity index (χ0n) is 18.1. The van der Waals surface area contributed by atoms with Gasteiger partial charge >= 0.3 is 5.97 Å². The van der Waals surface area contributed by atoms with Crippen LogP contribution in [0.1, 0.15) is 30.9 Å². The van der Waals surface area contributed by atoms with Crippen LogP contribution in [0.15, 0.2) is 77.1 Å². The average Bonchev–Trinajstić information content (AvgIpc) is 2.76. The summed E-state index contributed by atoms with van der Waals surface area (Å²) < 4.78 is 5.14. The molecule has 1 heterocycles. The highest BCUT2D eigenvalue weighted by atomic mass is 35.5. The normalized spacial score (nSPS) is 16.2. The fourth-order valence-corrected chi connectivity index (χ4v) is 3.95. The third-order valence-corrected chi connectivity index (χ3v) is 5.46. The van der Waals surface area contributed by atoms with Crippen LogP contribution in [-0.4, -0.2) is 30.6 Å². The van der Waals surface area contributed by atoms with Crippen molar-refractivity contribution in [2.45, 2.75) is 19.8 Å². The van der Waals surface area contributed by atoms with Gasteiger partial charge in [-0.25, -0.2) is 4.79 Å². The minimum atomic E-state index is -1.09. The maximum absolute atomic E-state index is 13.1. The molecule has 0 fully saturated rings. The zero-order valence-corrected chi connectivity index (χ0v) is 18.9. The summed E-state index contributed by atoms with van der Waals surface area (Å²) in [6, 6.07) is 14.5. The molecular formula is C25H25ClN2O4. The van der Waals surface area contributed by atoms with Crippen molar-refractivity contribution in [3.05, 3.63) is 93.3 Å². The van der Waals surface area contributed by atoms with Gasteiger partial charge in [0.1, 0.15) is 5.75 Å². The number of nitrogens with one attached hydrogen (secondary N) is 2. The lowest BCUT2D eigenvalue weighted by atomic mass is 9.80. The Bertz CT molecular complexity index is 1120. The fourth-order valence-electron chi connectivity index (χ4n) is 3.75. The van der Waals surface area contributed by atoms with Gasteiger partial charge in [0.05, 0.1) is 18.6 Å². The van der Waals surface area contributed by atoms with Crippen LogP contribution in [0, 0.1) is 0 Å². The van der Waals surface area contributed by atoms with E-state index < -0.39 is 11.9 Å². The molecule has 2 aromatic carbocycles. The van der Waals surface area contributed by atoms with Crippen molar-refractivity contribution in [2.75, 3.05) is 13.7 Å². The number of hydrogen-bond acceptors (Lipinski definition) is 4. The molecule has 0 aliphatic carbocycles. The van der Waals surface area contributed by atoms with Gasteiger partial charge < -0.3 is 20.5 Å². The van der Waals surface area contributed by atoms with Crippen molar-refractivity contribution >= 4 is 29.6 Å². The summed E-state index contributed by atoms with van der Waals surface area (Å²) in [5, 5.41) is 16.2. The molecule has 1 unspecified atom stereocenters. The molecule has 0 bridgehead atoms. The van der Waals surface area contributed by atoms with Gasteiger partial charge in [0.2, 0.25) is 5.91 Å². The van der Waals surface area contributed by atoms with Crippen molar-refractivity contribution in [3.63, 3.8) is 0 Å². The quantitative estimate of drug-likeness (QED) is 0.575. The molecule has 3 N–H and O–H groups in total. The molecule has 0 saturated carbocycles. The Morgan fingerprint density at radius 1 is 1.12 bits per heavy atom. The maximum Gasteiger partial charge on any atom is 0.334 e. The molecule has 7 heteroatoms. The second-order valence-corrected chi connectivity index (χ2v) is 7.82. The molecule has 166 valence electrons. The smallest absolute Gasteiger partial charge is 0.334 e. The van der Waals surface area contributed by atoms with Crippen LogP contribution in [0.5, 0.6) is 5.75 Å². The topological polar surface area (TPSA) is 87.7 Å². The van der Waals surface area contributed by atoms with E-state index in [4.69, 9.17) is 16.3 Å². The Kier molecular flexibility index (Phi) is 7.38. The lowest BCUT2D eigenvalue weighted by molar-refractivity contribution is -0.133. The van der Waals surface area contributed by atoms with Gasteiger partial charge in [-0.15, -0.1) is 0 Å². The number of aliphatic carboxylic acids is 1. The number of halogens is 1. The number of benzene rings is 2. The van der Waals surface area contributed by atoms with Crippen LogP contribution >= 0.6 is 11.6 Å². The van der Waals surface area contributed by atoms with Crippen LogP contribution < -0.4 is 15.4 Å². The number of ether oxygens (including phenoxy) is 1. The first-order chi connectivity index (χ1) is 15.3. The zero-order chi connectivity index (χ0) is 23.3. The molecule has 2 aromatic rings. The van der Waals surface area contributed by atoms with E-state index in [-0.39, 0.29) is 18.0 Å². The van der Waals surface area contributed by atoms with E-state index in [0.717, 1.165) is 11.3 Å². The van der Waals surface area contributed by atoms with Crippen LogP contribution in [0.3, 0.4) is 0 Å². The largest absolute Gasteiger partial charge is 0.497 e. The number of dihydropyridines is 1. The standard InChI is InChI=1S/C25H25ClN2O4/c1-15-21(24(29)27-13-5-6-17-9-11-20(32-3)12-10-17)23(18-7-4-8-19(26)14-18)22(25(30)31)16(2)28-15/h4-12,14,23,28H,13H2,1-3H3,(H,27,29)(H,30,31). The van der Waals surface area contributed by atoms with Gasteiger partial charge in [-0.1, -0.05) is 48.0 Å². The fraction of sp³-hybridized carbons (Fsp3) is 0.200. The summed E-state index contributed by atoms with van der Waals surface area (Å²) in [6.07, 6.45) is 3.72. The third-order valence-electron chi connectivity index (χ3n) is 5.22. The summed E-state index contributed by atoms with van der Waals surface area (Å²) in [5.74, 6) is -1.40. The van der Waals surface area contributed by atoms with Crippen molar-refractivity contribution in [1.29, 1.82) is 0 Å². The highest BCUT2D eigenvalue weighted by molar-refractivity contribution is 6.30. The van der Waals surface area contributed by atoms with E-state index in [1.807, 2.05) is 36.4 Å². The Morgan fingerprint density at radius 3 is 2.44 bits per heavy atom. The van der Waals surface area contributed by atoms with Gasteiger partial charge in [-0.3, -0.25) is 4.79 Å². The summed E-state index contributed by atoms with van der Waals surface area (Å²) >= 11 is 6.16. The first kappa shape index (κ1) is 23.2. The molecule has 3 rings (SSSR count). The van der Waals surface area contributed by atoms with Crippen LogP contribution in [0.25, 0.3) is 6.08 Å². The van der Waals surface area contributed by atoms with E-state index in [9.17, 15) is 14.7 Å². The molecule has 1 amide bonds. The summed E-state index contributed by atoms with van der Waals surface area (Å²) in [6.45, 7) is 3.74. The third kappa shape index (κ3) is 5.21. The highest BCUT2D eigenvalue weighted by Crippen LogP contribution is 2.38. The summed E-state index contributed by atoms with van der Waals surface area (Å²) in [7, 11) is 1.61. The van der Waals surface area contributed by atoms with Crippen molar-refractivity contribution in [3.8, 4) is 5.75 Å². The number of methoxy groups -OCH3 is 1. The first-order valence-corrected chi connectivity index (χ1v) is 10.5. The number of rotatable bonds is 7. The number of amides is 1. The van der Waals surface area contributed by atoms with Crippen LogP contribution in [0.4, 0.5) is 0 Å². The predicted octanol–water partition coefficient (Wildman–Crippen LogP) is 4.50. The summed E-state index contributed by atoms with van der Waals surface area (Å²) in [4.78, 5) is 25.2. The molecule has 0 spiro atoms. The van der Waals surface area contributed by atoms with Crippen molar-refractivity contribution in [1.82, 2.24) is 10.6 Å². The molecular weight excluding hydrogens is 428 g/mol. The second kappa shape index (κ2) is 10.2. The van der Waals surface area contributed by atoms with E-state index in [1.54, 1.807) is 45.2 Å². The van der Waals surface area contributed by atoms with Crippen molar-refractivity contribution in [2.24, 2.45) is 0 Å². The predicted molar refractivity (Wildman–Crippen MR) is 125 cm³/mol. The number of allylic oxidation sites excluding steroid dienone is 2. The second-order valence-electron chi connectivity index (χ2n) is 7.38. The van der Waals surface area contributed by atoms with E-state index >= 15 is 0 Å². The van der Waals surface area contributed by atoms with Gasteiger partial charge in [-0.05, 0) is 49.2 Å².